The molecule has 31 heavy (non-hydrogen) atoms. The minimum absolute atomic E-state index is 0.0361. The number of hydrogen-bond donors (Lipinski definition) is 1. The lowest BCUT2D eigenvalue weighted by atomic mass is 10.0. The van der Waals surface area contributed by atoms with E-state index in [4.69, 9.17) is 14.2 Å². The Morgan fingerprint density at radius 1 is 1.06 bits per heavy atom. The van der Waals surface area contributed by atoms with Crippen LogP contribution in [0.1, 0.15) is 18.0 Å². The molecule has 3 rings (SSSR count). The molecule has 1 aliphatic rings. The number of nitrogens with one attached hydrogen (secondary N) is 1. The van der Waals surface area contributed by atoms with Crippen molar-refractivity contribution in [1.29, 1.82) is 0 Å². The van der Waals surface area contributed by atoms with E-state index in [1.807, 2.05) is 0 Å². The lowest BCUT2D eigenvalue weighted by molar-refractivity contribution is -0.145. The standard InChI is InChI=1S/C22H23BrN2O6/c1-29-17-9-8-16(11-18(17)30-2)25-12-14(10-19(25)26)21(27)24-20(22(28)31-3)13-4-6-15(23)7-5-13/h4-9,11,14,20H,10,12H2,1-3H3,(H,24,27). The van der Waals surface area contributed by atoms with Gasteiger partial charge in [0.2, 0.25) is 11.8 Å². The molecule has 2 atom stereocenters. The zero-order chi connectivity index (χ0) is 22.5. The Kier molecular flexibility index (Phi) is 7.17. The number of carbonyl (C=O) groups excluding carboxylic acids is 3. The van der Waals surface area contributed by atoms with Gasteiger partial charge in [0.25, 0.3) is 0 Å². The molecule has 0 saturated carbocycles. The summed E-state index contributed by atoms with van der Waals surface area (Å²) < 4.78 is 16.2. The first-order chi connectivity index (χ1) is 14.9. The molecule has 9 heteroatoms. The molecule has 0 aliphatic carbocycles. The highest BCUT2D eigenvalue weighted by Crippen LogP contribution is 2.34. The van der Waals surface area contributed by atoms with Crippen LogP contribution < -0.4 is 19.7 Å². The number of anilines is 1. The minimum atomic E-state index is -0.962. The molecule has 2 aromatic carbocycles. The Labute approximate surface area is 188 Å². The van der Waals surface area contributed by atoms with Gasteiger partial charge in [-0.05, 0) is 29.8 Å². The van der Waals surface area contributed by atoms with E-state index in [0.29, 0.717) is 22.7 Å². The van der Waals surface area contributed by atoms with Crippen LogP contribution in [0.2, 0.25) is 0 Å². The molecule has 0 bridgehead atoms. The molecule has 1 N–H and O–H groups in total. The molecule has 0 aromatic heterocycles. The number of ether oxygens (including phenoxy) is 3. The average molecular weight is 491 g/mol. The molecule has 2 aromatic rings. The van der Waals surface area contributed by atoms with Crippen molar-refractivity contribution < 1.29 is 28.6 Å². The van der Waals surface area contributed by atoms with Crippen molar-refractivity contribution in [2.75, 3.05) is 32.8 Å². The van der Waals surface area contributed by atoms with Crippen LogP contribution in [0.4, 0.5) is 5.69 Å². The summed E-state index contributed by atoms with van der Waals surface area (Å²) in [5.74, 6) is -0.746. The van der Waals surface area contributed by atoms with Crippen LogP contribution in [-0.2, 0) is 19.1 Å². The molecule has 164 valence electrons. The topological polar surface area (TPSA) is 94.2 Å². The number of nitrogens with zero attached hydrogens (tertiary/aromatic N) is 1. The summed E-state index contributed by atoms with van der Waals surface area (Å²) in [4.78, 5) is 39.3. The molecule has 0 spiro atoms. The number of halogens is 1. The van der Waals surface area contributed by atoms with Gasteiger partial charge in [-0.15, -0.1) is 0 Å². The molecular formula is C22H23BrN2O6. The number of esters is 1. The third-order valence-electron chi connectivity index (χ3n) is 5.10. The van der Waals surface area contributed by atoms with E-state index in [9.17, 15) is 14.4 Å². The van der Waals surface area contributed by atoms with Crippen LogP contribution in [0.25, 0.3) is 0 Å². The van der Waals surface area contributed by atoms with Crippen LogP contribution in [-0.4, -0.2) is 45.7 Å². The number of rotatable bonds is 7. The summed E-state index contributed by atoms with van der Waals surface area (Å²) in [6.45, 7) is 0.189. The zero-order valence-corrected chi connectivity index (χ0v) is 19.0. The van der Waals surface area contributed by atoms with Crippen LogP contribution in [0.5, 0.6) is 11.5 Å². The molecule has 0 radical (unpaired) electrons. The number of carbonyl (C=O) groups is 3. The summed E-state index contributed by atoms with van der Waals surface area (Å²) in [6.07, 6.45) is 0.0361. The average Bonchev–Trinajstić information content (AvgIpc) is 3.18. The van der Waals surface area contributed by atoms with E-state index in [0.717, 1.165) is 4.47 Å². The fourth-order valence-corrected chi connectivity index (χ4v) is 3.70. The van der Waals surface area contributed by atoms with E-state index in [1.165, 1.54) is 26.2 Å². The predicted octanol–water partition coefficient (Wildman–Crippen LogP) is 2.85. The van der Waals surface area contributed by atoms with Gasteiger partial charge >= 0.3 is 5.97 Å². The van der Waals surface area contributed by atoms with Gasteiger partial charge in [0, 0.05) is 29.2 Å². The summed E-state index contributed by atoms with van der Waals surface area (Å²) in [5.41, 5.74) is 1.19. The SMILES string of the molecule is COC(=O)C(NC(=O)C1CC(=O)N(c2ccc(OC)c(OC)c2)C1)c1ccc(Br)cc1. The van der Waals surface area contributed by atoms with Crippen LogP contribution >= 0.6 is 15.9 Å². The largest absolute Gasteiger partial charge is 0.493 e. The first-order valence-corrected chi connectivity index (χ1v) is 10.3. The Bertz CT molecular complexity index is 978. The molecule has 2 amide bonds. The van der Waals surface area contributed by atoms with E-state index in [-0.39, 0.29) is 18.9 Å². The smallest absolute Gasteiger partial charge is 0.333 e. The van der Waals surface area contributed by atoms with Crippen molar-refractivity contribution in [3.63, 3.8) is 0 Å². The lowest BCUT2D eigenvalue weighted by Crippen LogP contribution is -2.39. The van der Waals surface area contributed by atoms with Crippen LogP contribution in [0.15, 0.2) is 46.9 Å². The van der Waals surface area contributed by atoms with Crippen molar-refractivity contribution in [3.8, 4) is 11.5 Å². The first-order valence-electron chi connectivity index (χ1n) is 9.54. The Morgan fingerprint density at radius 2 is 1.74 bits per heavy atom. The summed E-state index contributed by atoms with van der Waals surface area (Å²) in [6, 6.07) is 11.2. The fourth-order valence-electron chi connectivity index (χ4n) is 3.44. The molecule has 8 nitrogen and oxygen atoms in total. The van der Waals surface area contributed by atoms with Crippen molar-refractivity contribution in [3.05, 3.63) is 52.5 Å². The third kappa shape index (κ3) is 4.99. The van der Waals surface area contributed by atoms with Gasteiger partial charge in [0.15, 0.2) is 17.5 Å². The molecule has 2 unspecified atom stereocenters. The molecule has 1 aliphatic heterocycles. The quantitative estimate of drug-likeness (QED) is 0.599. The number of amides is 2. The van der Waals surface area contributed by atoms with Crippen molar-refractivity contribution in [2.24, 2.45) is 5.92 Å². The maximum Gasteiger partial charge on any atom is 0.333 e. The Balaban J connectivity index is 1.76. The van der Waals surface area contributed by atoms with Crippen molar-refractivity contribution in [1.82, 2.24) is 5.32 Å². The summed E-state index contributed by atoms with van der Waals surface area (Å²) in [7, 11) is 4.30. The van der Waals surface area contributed by atoms with Gasteiger partial charge in [-0.1, -0.05) is 28.1 Å². The monoisotopic (exact) mass is 490 g/mol. The number of benzene rings is 2. The van der Waals surface area contributed by atoms with E-state index < -0.39 is 23.8 Å². The van der Waals surface area contributed by atoms with Gasteiger partial charge < -0.3 is 24.4 Å². The van der Waals surface area contributed by atoms with Gasteiger partial charge in [0.1, 0.15) is 0 Å². The lowest BCUT2D eigenvalue weighted by Gasteiger charge is -2.20. The first kappa shape index (κ1) is 22.6. The highest BCUT2D eigenvalue weighted by atomic mass is 79.9. The number of methoxy groups -OCH3 is 3. The van der Waals surface area contributed by atoms with Gasteiger partial charge in [-0.3, -0.25) is 9.59 Å². The summed E-state index contributed by atoms with van der Waals surface area (Å²) >= 11 is 3.34. The Hall–Kier alpha value is -3.07. The normalized spacial score (nSPS) is 16.6. The Morgan fingerprint density at radius 3 is 2.35 bits per heavy atom. The third-order valence-corrected chi connectivity index (χ3v) is 5.63. The van der Waals surface area contributed by atoms with Gasteiger partial charge in [0.05, 0.1) is 27.2 Å². The number of hydrogen-bond acceptors (Lipinski definition) is 6. The highest BCUT2D eigenvalue weighted by Gasteiger charge is 2.37. The molecule has 1 heterocycles. The predicted molar refractivity (Wildman–Crippen MR) is 117 cm³/mol. The van der Waals surface area contributed by atoms with Crippen molar-refractivity contribution >= 4 is 39.4 Å². The summed E-state index contributed by atoms with van der Waals surface area (Å²) in [5, 5.41) is 2.73. The second-order valence-electron chi connectivity index (χ2n) is 6.96. The van der Waals surface area contributed by atoms with E-state index >= 15 is 0 Å². The molecule has 1 saturated heterocycles. The van der Waals surface area contributed by atoms with E-state index in [2.05, 4.69) is 21.2 Å². The van der Waals surface area contributed by atoms with Crippen LogP contribution in [0.3, 0.4) is 0 Å². The van der Waals surface area contributed by atoms with Crippen molar-refractivity contribution in [2.45, 2.75) is 12.5 Å². The molecule has 1 fully saturated rings. The van der Waals surface area contributed by atoms with Gasteiger partial charge in [-0.25, -0.2) is 4.79 Å². The van der Waals surface area contributed by atoms with Gasteiger partial charge in [-0.2, -0.15) is 0 Å². The van der Waals surface area contributed by atoms with E-state index in [1.54, 1.807) is 42.5 Å². The second kappa shape index (κ2) is 9.82. The maximum atomic E-state index is 12.9. The van der Waals surface area contributed by atoms with Crippen LogP contribution in [0, 0.1) is 5.92 Å². The molecular weight excluding hydrogens is 468 g/mol. The maximum absolute atomic E-state index is 12.9. The fraction of sp³-hybridized carbons (Fsp3) is 0.318. The second-order valence-corrected chi connectivity index (χ2v) is 7.88. The minimum Gasteiger partial charge on any atom is -0.493 e. The highest BCUT2D eigenvalue weighted by molar-refractivity contribution is 9.10. The zero-order valence-electron chi connectivity index (χ0n) is 17.4.